The van der Waals surface area contributed by atoms with Crippen LogP contribution in [0.4, 0.5) is 5.69 Å². The first-order valence-corrected chi connectivity index (χ1v) is 12.7. The van der Waals surface area contributed by atoms with Gasteiger partial charge in [-0.2, -0.15) is 5.10 Å². The predicted molar refractivity (Wildman–Crippen MR) is 136 cm³/mol. The number of hydrogen-bond acceptors (Lipinski definition) is 5. The van der Waals surface area contributed by atoms with E-state index < -0.39 is 22.5 Å². The number of ether oxygens (including phenoxy) is 1. The molecule has 3 rings (SSSR count). The lowest BCUT2D eigenvalue weighted by Crippen LogP contribution is -2.39. The Labute approximate surface area is 200 Å². The Morgan fingerprint density at radius 1 is 1.12 bits per heavy atom. The molecule has 0 atom stereocenters. The van der Waals surface area contributed by atoms with Gasteiger partial charge in [-0.15, -0.1) is 0 Å². The monoisotopic (exact) mass is 482 g/mol. The maximum Gasteiger partial charge on any atom is 0.260 e. The third-order valence-corrected chi connectivity index (χ3v) is 6.37. The Morgan fingerprint density at radius 2 is 1.85 bits per heavy atom. The van der Waals surface area contributed by atoms with Crippen molar-refractivity contribution in [2.45, 2.75) is 27.7 Å². The molecule has 0 aliphatic rings. The summed E-state index contributed by atoms with van der Waals surface area (Å²) in [5.41, 5.74) is 7.80. The van der Waals surface area contributed by atoms with Gasteiger partial charge in [0.05, 0.1) is 24.8 Å². The highest BCUT2D eigenvalue weighted by atomic mass is 32.2. The normalized spacial score (nSPS) is 11.6. The summed E-state index contributed by atoms with van der Waals surface area (Å²) in [6.45, 7) is 7.77. The first-order valence-electron chi connectivity index (χ1n) is 10.9. The first kappa shape index (κ1) is 25.0. The molecule has 1 heterocycles. The summed E-state index contributed by atoms with van der Waals surface area (Å²) < 4.78 is 33.5. The second-order valence-corrected chi connectivity index (χ2v) is 9.87. The molecule has 0 unspecified atom stereocenters. The number of rotatable bonds is 9. The maximum absolute atomic E-state index is 12.6. The van der Waals surface area contributed by atoms with Gasteiger partial charge in [0.25, 0.3) is 5.91 Å². The van der Waals surface area contributed by atoms with Gasteiger partial charge in [0, 0.05) is 22.6 Å². The molecule has 8 nitrogen and oxygen atoms in total. The fourth-order valence-electron chi connectivity index (χ4n) is 3.74. The third-order valence-electron chi connectivity index (χ3n) is 5.24. The fourth-order valence-corrected chi connectivity index (χ4v) is 4.60. The van der Waals surface area contributed by atoms with Crippen LogP contribution in [0.15, 0.2) is 59.7 Å². The zero-order valence-electron chi connectivity index (χ0n) is 20.1. The van der Waals surface area contributed by atoms with Crippen molar-refractivity contribution in [3.63, 3.8) is 0 Å². The van der Waals surface area contributed by atoms with Crippen LogP contribution < -0.4 is 14.5 Å². The molecular weight excluding hydrogens is 452 g/mol. The second kappa shape index (κ2) is 10.6. The van der Waals surface area contributed by atoms with Crippen molar-refractivity contribution in [2.75, 3.05) is 23.7 Å². The largest absolute Gasteiger partial charge is 0.492 e. The average molecular weight is 483 g/mol. The Balaban J connectivity index is 1.76. The highest BCUT2D eigenvalue weighted by Gasteiger charge is 2.23. The number of nitrogens with one attached hydrogen (secondary N) is 1. The summed E-state index contributed by atoms with van der Waals surface area (Å²) in [7, 11) is -3.74. The number of benzene rings is 2. The van der Waals surface area contributed by atoms with Gasteiger partial charge in [-0.05, 0) is 63.6 Å². The lowest BCUT2D eigenvalue weighted by Gasteiger charge is -2.23. The van der Waals surface area contributed by atoms with Crippen LogP contribution in [0.2, 0.25) is 0 Å². The lowest BCUT2D eigenvalue weighted by molar-refractivity contribution is -0.119. The topological polar surface area (TPSA) is 93.0 Å². The van der Waals surface area contributed by atoms with E-state index in [1.165, 1.54) is 0 Å². The Kier molecular flexibility index (Phi) is 7.78. The van der Waals surface area contributed by atoms with Crippen LogP contribution in [0.25, 0.3) is 5.69 Å². The molecule has 3 aromatic rings. The molecular formula is C25H30N4O4S. The van der Waals surface area contributed by atoms with Crippen molar-refractivity contribution in [1.82, 2.24) is 9.99 Å². The first-order chi connectivity index (χ1) is 16.1. The fraction of sp³-hybridized carbons (Fsp3) is 0.280. The summed E-state index contributed by atoms with van der Waals surface area (Å²) in [6.07, 6.45) is 2.61. The summed E-state index contributed by atoms with van der Waals surface area (Å²) in [6, 6.07) is 16.9. The quantitative estimate of drug-likeness (QED) is 0.372. The van der Waals surface area contributed by atoms with Gasteiger partial charge in [0.15, 0.2) is 0 Å². The van der Waals surface area contributed by atoms with Crippen molar-refractivity contribution < 1.29 is 17.9 Å². The standard InChI is InChI=1S/C25H30N4O4S/c1-6-33-24-13-8-7-12-23(24)28(34(5,31)32)17-25(30)27-26-16-21-15-19(3)29(20(21)4)22-11-9-10-18(2)14-22/h7-16H,6,17H2,1-5H3,(H,27,30)/b26-16-. The lowest BCUT2D eigenvalue weighted by atomic mass is 10.2. The molecule has 0 saturated carbocycles. The molecule has 9 heteroatoms. The number of amides is 1. The molecule has 0 saturated heterocycles. The number of anilines is 1. The van der Waals surface area contributed by atoms with Crippen LogP contribution in [0.3, 0.4) is 0 Å². The smallest absolute Gasteiger partial charge is 0.260 e. The summed E-state index contributed by atoms with van der Waals surface area (Å²) >= 11 is 0. The van der Waals surface area contributed by atoms with Gasteiger partial charge >= 0.3 is 0 Å². The van der Waals surface area contributed by atoms with E-state index >= 15 is 0 Å². The number of hydrazone groups is 1. The van der Waals surface area contributed by atoms with Crippen LogP contribution in [-0.4, -0.2) is 44.5 Å². The van der Waals surface area contributed by atoms with Gasteiger partial charge < -0.3 is 9.30 Å². The molecule has 0 spiro atoms. The number of nitrogens with zero attached hydrogens (tertiary/aromatic N) is 3. The van der Waals surface area contributed by atoms with Crippen molar-refractivity contribution in [2.24, 2.45) is 5.10 Å². The Morgan fingerprint density at radius 3 is 2.53 bits per heavy atom. The third kappa shape index (κ3) is 5.85. The van der Waals surface area contributed by atoms with E-state index in [2.05, 4.69) is 21.2 Å². The van der Waals surface area contributed by atoms with E-state index in [-0.39, 0.29) is 0 Å². The molecule has 0 radical (unpaired) electrons. The van der Waals surface area contributed by atoms with E-state index in [4.69, 9.17) is 4.74 Å². The minimum atomic E-state index is -3.74. The molecule has 0 fully saturated rings. The molecule has 0 aliphatic heterocycles. The zero-order valence-corrected chi connectivity index (χ0v) is 20.9. The van der Waals surface area contributed by atoms with E-state index in [0.29, 0.717) is 18.0 Å². The van der Waals surface area contributed by atoms with Crippen molar-refractivity contribution in [3.8, 4) is 11.4 Å². The number of aryl methyl sites for hydroxylation is 2. The number of sulfonamides is 1. The molecule has 1 amide bonds. The van der Waals surface area contributed by atoms with Gasteiger partial charge in [-0.25, -0.2) is 13.8 Å². The number of carbonyl (C=O) groups excluding carboxylic acids is 1. The molecule has 0 bridgehead atoms. The number of carbonyl (C=O) groups is 1. The second-order valence-electron chi connectivity index (χ2n) is 7.96. The maximum atomic E-state index is 12.6. The van der Waals surface area contributed by atoms with Crippen molar-refractivity contribution >= 4 is 27.8 Å². The van der Waals surface area contributed by atoms with Gasteiger partial charge in [-0.1, -0.05) is 24.3 Å². The van der Waals surface area contributed by atoms with Crippen LogP contribution in [0.1, 0.15) is 29.4 Å². The van der Waals surface area contributed by atoms with Crippen molar-refractivity contribution in [1.29, 1.82) is 0 Å². The van der Waals surface area contributed by atoms with E-state index in [9.17, 15) is 13.2 Å². The molecule has 34 heavy (non-hydrogen) atoms. The highest BCUT2D eigenvalue weighted by Crippen LogP contribution is 2.29. The molecule has 1 N–H and O–H groups in total. The van der Waals surface area contributed by atoms with Crippen molar-refractivity contribution in [3.05, 3.63) is 77.1 Å². The SMILES string of the molecule is CCOc1ccccc1N(CC(=O)N/N=C\c1cc(C)n(-c2cccc(C)c2)c1C)S(C)(=O)=O. The van der Waals surface area contributed by atoms with E-state index in [0.717, 1.165) is 38.8 Å². The van der Waals surface area contributed by atoms with Crippen LogP contribution in [0.5, 0.6) is 5.75 Å². The molecule has 180 valence electrons. The Bertz CT molecular complexity index is 1310. The zero-order chi connectivity index (χ0) is 24.9. The van der Waals surface area contributed by atoms with Crippen LogP contribution in [-0.2, 0) is 14.8 Å². The van der Waals surface area contributed by atoms with Gasteiger partial charge in [0.1, 0.15) is 12.3 Å². The van der Waals surface area contributed by atoms with Crippen LogP contribution in [0, 0.1) is 20.8 Å². The number of para-hydroxylation sites is 2. The van der Waals surface area contributed by atoms with E-state index in [1.54, 1.807) is 37.4 Å². The number of hydrogen-bond donors (Lipinski definition) is 1. The van der Waals surface area contributed by atoms with Gasteiger partial charge in [0.2, 0.25) is 10.0 Å². The molecule has 0 aliphatic carbocycles. The minimum absolute atomic E-state index is 0.299. The molecule has 1 aromatic heterocycles. The highest BCUT2D eigenvalue weighted by molar-refractivity contribution is 7.92. The van der Waals surface area contributed by atoms with E-state index in [1.807, 2.05) is 45.0 Å². The summed E-state index contributed by atoms with van der Waals surface area (Å²) in [4.78, 5) is 12.6. The summed E-state index contributed by atoms with van der Waals surface area (Å²) in [5.74, 6) is -0.184. The Hall–Kier alpha value is -3.59. The van der Waals surface area contributed by atoms with Gasteiger partial charge in [-0.3, -0.25) is 9.10 Å². The predicted octanol–water partition coefficient (Wildman–Crippen LogP) is 3.72. The number of aromatic nitrogens is 1. The minimum Gasteiger partial charge on any atom is -0.492 e. The summed E-state index contributed by atoms with van der Waals surface area (Å²) in [5, 5.41) is 4.06. The molecule has 2 aromatic carbocycles. The average Bonchev–Trinajstić information content (AvgIpc) is 3.05. The van der Waals surface area contributed by atoms with Crippen LogP contribution >= 0.6 is 0 Å².